The van der Waals surface area contributed by atoms with Gasteiger partial charge in [0.05, 0.1) is 6.04 Å². The maximum Gasteiger partial charge on any atom is 0.274 e. The van der Waals surface area contributed by atoms with E-state index >= 15 is 0 Å². The fourth-order valence-electron chi connectivity index (χ4n) is 3.95. The Morgan fingerprint density at radius 1 is 1.19 bits per heavy atom. The molecule has 0 fully saturated rings. The number of carbonyl (C=O) groups excluding carboxylic acids is 2. The fourth-order valence-corrected chi connectivity index (χ4v) is 3.95. The van der Waals surface area contributed by atoms with Gasteiger partial charge in [-0.3, -0.25) is 14.4 Å². The molecule has 7 nitrogen and oxygen atoms in total. The number of amides is 2. The summed E-state index contributed by atoms with van der Waals surface area (Å²) < 4.78 is 56.0. The molecule has 2 unspecified atom stereocenters. The van der Waals surface area contributed by atoms with Gasteiger partial charge in [0.15, 0.2) is 11.4 Å². The molecule has 1 aromatic heterocycles. The molecule has 4 rings (SSSR count). The van der Waals surface area contributed by atoms with E-state index in [1.54, 1.807) is 6.92 Å². The Labute approximate surface area is 178 Å². The molecule has 2 atom stereocenters. The summed E-state index contributed by atoms with van der Waals surface area (Å²) in [6.07, 6.45) is 2.20. The molecule has 2 aliphatic heterocycles. The molecule has 11 heteroatoms. The van der Waals surface area contributed by atoms with Crippen LogP contribution >= 0.6 is 0 Å². The van der Waals surface area contributed by atoms with Crippen LogP contribution in [-0.4, -0.2) is 39.0 Å². The van der Waals surface area contributed by atoms with Gasteiger partial charge in [-0.25, -0.2) is 17.6 Å². The van der Waals surface area contributed by atoms with Crippen molar-refractivity contribution in [2.45, 2.75) is 32.0 Å². The van der Waals surface area contributed by atoms with E-state index < -0.39 is 76.0 Å². The molecule has 32 heavy (non-hydrogen) atoms. The summed E-state index contributed by atoms with van der Waals surface area (Å²) in [4.78, 5) is 39.3. The van der Waals surface area contributed by atoms with Crippen LogP contribution < -0.4 is 10.7 Å². The Hall–Kier alpha value is -3.63. The van der Waals surface area contributed by atoms with Crippen molar-refractivity contribution in [2.75, 3.05) is 6.54 Å². The highest BCUT2D eigenvalue weighted by molar-refractivity contribution is 5.99. The summed E-state index contributed by atoms with van der Waals surface area (Å²) >= 11 is 0. The number of aromatic hydroxyl groups is 1. The largest absolute Gasteiger partial charge is 0.503 e. The quantitative estimate of drug-likeness (QED) is 0.702. The number of rotatable bonds is 3. The molecule has 0 aliphatic carbocycles. The van der Waals surface area contributed by atoms with Crippen LogP contribution in [0.1, 0.15) is 45.8 Å². The smallest absolute Gasteiger partial charge is 0.274 e. The number of halogens is 4. The lowest BCUT2D eigenvalue weighted by Crippen LogP contribution is -2.47. The maximum absolute atomic E-state index is 14.2. The second kappa shape index (κ2) is 7.81. The molecule has 0 radical (unpaired) electrons. The van der Waals surface area contributed by atoms with Crippen LogP contribution in [-0.2, 0) is 6.54 Å². The first-order valence-electron chi connectivity index (χ1n) is 9.65. The third-order valence-electron chi connectivity index (χ3n) is 5.59. The first-order chi connectivity index (χ1) is 15.1. The average molecular weight is 451 g/mol. The van der Waals surface area contributed by atoms with E-state index in [9.17, 15) is 37.1 Å². The van der Waals surface area contributed by atoms with Crippen LogP contribution in [0.5, 0.6) is 5.75 Å². The maximum atomic E-state index is 14.2. The zero-order chi connectivity index (χ0) is 23.3. The van der Waals surface area contributed by atoms with E-state index in [2.05, 4.69) is 5.32 Å². The highest BCUT2D eigenvalue weighted by Crippen LogP contribution is 2.33. The van der Waals surface area contributed by atoms with Crippen molar-refractivity contribution >= 4 is 11.8 Å². The molecule has 1 aromatic carbocycles. The molecule has 3 heterocycles. The van der Waals surface area contributed by atoms with Crippen molar-refractivity contribution in [3.63, 3.8) is 0 Å². The van der Waals surface area contributed by atoms with Crippen molar-refractivity contribution in [1.82, 2.24) is 14.8 Å². The Kier molecular flexibility index (Phi) is 5.27. The van der Waals surface area contributed by atoms with E-state index in [-0.39, 0.29) is 18.7 Å². The first-order valence-corrected chi connectivity index (χ1v) is 9.65. The van der Waals surface area contributed by atoms with Gasteiger partial charge in [0.25, 0.3) is 11.8 Å². The Morgan fingerprint density at radius 2 is 1.84 bits per heavy atom. The predicted octanol–water partition coefficient (Wildman–Crippen LogP) is 2.54. The van der Waals surface area contributed by atoms with Gasteiger partial charge in [-0.1, -0.05) is 0 Å². The predicted molar refractivity (Wildman–Crippen MR) is 103 cm³/mol. The van der Waals surface area contributed by atoms with Crippen LogP contribution in [0.25, 0.3) is 0 Å². The molecule has 2 amide bonds. The number of hydrogen-bond acceptors (Lipinski definition) is 4. The number of nitrogens with one attached hydrogen (secondary N) is 1. The van der Waals surface area contributed by atoms with Gasteiger partial charge in [0.2, 0.25) is 5.43 Å². The van der Waals surface area contributed by atoms with Crippen LogP contribution in [0.2, 0.25) is 0 Å². The van der Waals surface area contributed by atoms with Crippen molar-refractivity contribution in [1.29, 1.82) is 0 Å². The summed E-state index contributed by atoms with van der Waals surface area (Å²) in [6.45, 7) is 0.991. The number of benzene rings is 1. The molecule has 2 aliphatic rings. The Bertz CT molecular complexity index is 1220. The normalized spacial score (nSPS) is 19.8. The molecule has 2 N–H and O–H groups in total. The summed E-state index contributed by atoms with van der Waals surface area (Å²) in [5.41, 5.74) is -2.78. The van der Waals surface area contributed by atoms with E-state index in [0.717, 1.165) is 10.8 Å². The molecule has 0 saturated carbocycles. The summed E-state index contributed by atoms with van der Waals surface area (Å²) in [6, 6.07) is -0.404. The topological polar surface area (TPSA) is 91.6 Å². The standard InChI is InChI=1S/C21H17F4N3O4/c1-9-2-10(22)3-12-7-27(9)21(32)17-19(30)18(29)14(8-28(12)17)20(31)26-6-13-15(24)4-11(23)5-16(13)25/h3-5,8-9,12,30H,2,6-7H2,1H3,(H,26,31). The number of hydrogen-bond donors (Lipinski definition) is 2. The van der Waals surface area contributed by atoms with Gasteiger partial charge in [-0.2, -0.15) is 0 Å². The molecule has 2 aromatic rings. The van der Waals surface area contributed by atoms with Crippen LogP contribution in [0, 0.1) is 17.5 Å². The zero-order valence-electron chi connectivity index (χ0n) is 16.7. The molecular weight excluding hydrogens is 434 g/mol. The lowest BCUT2D eigenvalue weighted by molar-refractivity contribution is 0.0612. The molecular formula is C21H17F4N3O4. The molecule has 0 spiro atoms. The molecule has 2 bridgehead atoms. The lowest BCUT2D eigenvalue weighted by atomic mass is 10.1. The third kappa shape index (κ3) is 3.53. The Morgan fingerprint density at radius 3 is 2.50 bits per heavy atom. The highest BCUT2D eigenvalue weighted by atomic mass is 19.1. The van der Waals surface area contributed by atoms with Gasteiger partial charge < -0.3 is 19.9 Å². The zero-order valence-corrected chi connectivity index (χ0v) is 16.7. The van der Waals surface area contributed by atoms with E-state index in [1.807, 2.05) is 0 Å². The van der Waals surface area contributed by atoms with Crippen LogP contribution in [0.3, 0.4) is 0 Å². The van der Waals surface area contributed by atoms with Crippen molar-refractivity contribution in [2.24, 2.45) is 0 Å². The van der Waals surface area contributed by atoms with Crippen molar-refractivity contribution in [3.8, 4) is 5.75 Å². The number of aromatic nitrogens is 1. The fraction of sp³-hybridized carbons (Fsp3) is 0.286. The number of pyridine rings is 1. The Balaban J connectivity index is 1.71. The van der Waals surface area contributed by atoms with Crippen LogP contribution in [0.4, 0.5) is 17.6 Å². The lowest BCUT2D eigenvalue weighted by Gasteiger charge is -2.36. The van der Waals surface area contributed by atoms with E-state index in [1.165, 1.54) is 11.0 Å². The molecule has 0 saturated heterocycles. The second-order valence-electron chi connectivity index (χ2n) is 7.70. The number of carbonyl (C=O) groups is 2. The van der Waals surface area contributed by atoms with Crippen molar-refractivity contribution in [3.05, 3.63) is 74.7 Å². The average Bonchev–Trinajstić information content (AvgIpc) is 2.83. The van der Waals surface area contributed by atoms with E-state index in [0.29, 0.717) is 12.1 Å². The minimum absolute atomic E-state index is 0.0378. The minimum Gasteiger partial charge on any atom is -0.503 e. The SMILES string of the molecule is CC1CC(F)=CC2CN1C(=O)c1c(O)c(=O)c(C(=O)NCc3c(F)cc(F)cc3F)cn12. The monoisotopic (exact) mass is 451 g/mol. The van der Waals surface area contributed by atoms with Crippen LogP contribution in [0.15, 0.2) is 35.0 Å². The summed E-state index contributed by atoms with van der Waals surface area (Å²) in [7, 11) is 0. The van der Waals surface area contributed by atoms with Gasteiger partial charge in [-0.15, -0.1) is 0 Å². The summed E-state index contributed by atoms with van der Waals surface area (Å²) in [5.74, 6) is -6.85. The minimum atomic E-state index is -1.23. The van der Waals surface area contributed by atoms with Gasteiger partial charge in [0, 0.05) is 49.4 Å². The van der Waals surface area contributed by atoms with Gasteiger partial charge in [-0.05, 0) is 13.0 Å². The highest BCUT2D eigenvalue weighted by Gasteiger charge is 2.38. The van der Waals surface area contributed by atoms with Gasteiger partial charge >= 0.3 is 0 Å². The van der Waals surface area contributed by atoms with E-state index in [4.69, 9.17) is 0 Å². The van der Waals surface area contributed by atoms with Gasteiger partial charge in [0.1, 0.15) is 28.8 Å². The molecule has 168 valence electrons. The number of nitrogens with zero attached hydrogens (tertiary/aromatic N) is 2. The first kappa shape index (κ1) is 21.6. The number of fused-ring (bicyclic) bond motifs is 4. The van der Waals surface area contributed by atoms with Crippen molar-refractivity contribution < 1.29 is 32.3 Å². The summed E-state index contributed by atoms with van der Waals surface area (Å²) in [5, 5.41) is 12.5. The third-order valence-corrected chi connectivity index (χ3v) is 5.59. The second-order valence-corrected chi connectivity index (χ2v) is 7.70.